The number of benzene rings is 1. The minimum absolute atomic E-state index is 0.0155. The molecular weight excluding hydrogens is 318 g/mol. The molecule has 1 aromatic carbocycles. The van der Waals surface area contributed by atoms with Crippen LogP contribution < -0.4 is 0 Å². The van der Waals surface area contributed by atoms with Crippen molar-refractivity contribution in [2.75, 3.05) is 26.8 Å². The Labute approximate surface area is 129 Å². The lowest BCUT2D eigenvalue weighted by atomic mass is 10.2. The second-order valence-corrected chi connectivity index (χ2v) is 6.58. The fourth-order valence-electron chi connectivity index (χ4n) is 1.80. The first-order chi connectivity index (χ1) is 9.88. The number of aliphatic hydroxyl groups is 1. The summed E-state index contributed by atoms with van der Waals surface area (Å²) in [7, 11) is -2.68. The van der Waals surface area contributed by atoms with Crippen molar-refractivity contribution in [3.8, 4) is 0 Å². The summed E-state index contributed by atoms with van der Waals surface area (Å²) < 4.78 is 30.9. The molecule has 0 aromatic heterocycles. The fraction of sp³-hybridized carbons (Fsp3) is 0.462. The molecule has 0 atom stereocenters. The predicted molar refractivity (Wildman–Crippen MR) is 78.9 cm³/mol. The normalized spacial score (nSPS) is 11.7. The van der Waals surface area contributed by atoms with Crippen LogP contribution >= 0.6 is 11.6 Å². The lowest BCUT2D eigenvalue weighted by molar-refractivity contribution is 0.0600. The third kappa shape index (κ3) is 4.16. The van der Waals surface area contributed by atoms with Gasteiger partial charge in [0.1, 0.15) is 4.90 Å². The van der Waals surface area contributed by atoms with Crippen molar-refractivity contribution in [1.29, 1.82) is 0 Å². The Morgan fingerprint density at radius 2 is 2.05 bits per heavy atom. The highest BCUT2D eigenvalue weighted by Crippen LogP contribution is 2.26. The van der Waals surface area contributed by atoms with Gasteiger partial charge in [-0.3, -0.25) is 0 Å². The molecule has 0 heterocycles. The van der Waals surface area contributed by atoms with Crippen LogP contribution in [0.4, 0.5) is 0 Å². The highest BCUT2D eigenvalue weighted by Gasteiger charge is 2.27. The highest BCUT2D eigenvalue weighted by molar-refractivity contribution is 7.89. The highest BCUT2D eigenvalue weighted by atomic mass is 35.5. The molecule has 6 nitrogen and oxygen atoms in total. The van der Waals surface area contributed by atoms with E-state index in [2.05, 4.69) is 4.74 Å². The summed E-state index contributed by atoms with van der Waals surface area (Å²) in [5, 5.41) is 9.03. The van der Waals surface area contributed by atoms with Gasteiger partial charge in [0.15, 0.2) is 0 Å². The van der Waals surface area contributed by atoms with Gasteiger partial charge in [-0.05, 0) is 24.6 Å². The zero-order valence-corrected chi connectivity index (χ0v) is 13.4. The summed E-state index contributed by atoms with van der Waals surface area (Å²) >= 11 is 5.95. The summed E-state index contributed by atoms with van der Waals surface area (Å²) in [6.07, 6.45) is 0.591. The molecule has 0 saturated heterocycles. The van der Waals surface area contributed by atoms with Crippen LogP contribution in [0.1, 0.15) is 23.7 Å². The zero-order chi connectivity index (χ0) is 16.0. The summed E-state index contributed by atoms with van der Waals surface area (Å²) in [6, 6.07) is 3.91. The molecule has 21 heavy (non-hydrogen) atoms. The number of carbonyl (C=O) groups excluding carboxylic acids is 1. The first-order valence-corrected chi connectivity index (χ1v) is 8.19. The number of methoxy groups -OCH3 is 1. The lowest BCUT2D eigenvalue weighted by Gasteiger charge is -2.21. The Morgan fingerprint density at radius 3 is 2.57 bits per heavy atom. The van der Waals surface area contributed by atoms with Crippen molar-refractivity contribution in [2.45, 2.75) is 18.2 Å². The molecule has 0 bridgehead atoms. The number of carbonyl (C=O) groups is 1. The smallest absolute Gasteiger partial charge is 0.337 e. The van der Waals surface area contributed by atoms with E-state index < -0.39 is 16.0 Å². The molecule has 1 rings (SSSR count). The summed E-state index contributed by atoms with van der Waals surface area (Å²) in [5.41, 5.74) is 0.0981. The molecule has 0 saturated carbocycles. The quantitative estimate of drug-likeness (QED) is 0.764. The number of hydrogen-bond acceptors (Lipinski definition) is 5. The van der Waals surface area contributed by atoms with Gasteiger partial charge in [-0.2, -0.15) is 4.31 Å². The van der Waals surface area contributed by atoms with E-state index in [1.165, 1.54) is 25.3 Å². The van der Waals surface area contributed by atoms with Gasteiger partial charge in [-0.15, -0.1) is 0 Å². The second-order valence-electron chi connectivity index (χ2n) is 4.26. The minimum atomic E-state index is -3.89. The van der Waals surface area contributed by atoms with E-state index in [1.807, 2.05) is 6.92 Å². The van der Waals surface area contributed by atoms with Crippen LogP contribution in [-0.4, -0.2) is 50.6 Å². The molecule has 0 aliphatic heterocycles. The molecule has 0 radical (unpaired) electrons. The average Bonchev–Trinajstić information content (AvgIpc) is 2.46. The van der Waals surface area contributed by atoms with Crippen molar-refractivity contribution in [3.63, 3.8) is 0 Å². The van der Waals surface area contributed by atoms with E-state index in [-0.39, 0.29) is 35.2 Å². The molecule has 1 N–H and O–H groups in total. The fourth-order valence-corrected chi connectivity index (χ4v) is 3.82. The summed E-state index contributed by atoms with van der Waals surface area (Å²) in [4.78, 5) is 11.3. The van der Waals surface area contributed by atoms with Gasteiger partial charge < -0.3 is 9.84 Å². The molecule has 0 aliphatic rings. The molecule has 0 unspecified atom stereocenters. The molecule has 0 aliphatic carbocycles. The Morgan fingerprint density at radius 1 is 1.38 bits per heavy atom. The van der Waals surface area contributed by atoms with E-state index in [9.17, 15) is 13.2 Å². The Hall–Kier alpha value is -1.15. The molecule has 0 amide bonds. The lowest BCUT2D eigenvalue weighted by Crippen LogP contribution is -2.34. The van der Waals surface area contributed by atoms with Crippen LogP contribution in [-0.2, 0) is 14.8 Å². The van der Waals surface area contributed by atoms with E-state index in [1.54, 1.807) is 0 Å². The maximum atomic E-state index is 12.6. The van der Waals surface area contributed by atoms with E-state index in [4.69, 9.17) is 16.7 Å². The van der Waals surface area contributed by atoms with Crippen LogP contribution in [0.2, 0.25) is 5.02 Å². The largest absolute Gasteiger partial charge is 0.465 e. The number of hydrogen-bond donors (Lipinski definition) is 1. The van der Waals surface area contributed by atoms with Gasteiger partial charge in [0.2, 0.25) is 10.0 Å². The van der Waals surface area contributed by atoms with E-state index in [0.717, 1.165) is 4.31 Å². The molecule has 118 valence electrons. The number of halogens is 1. The Bertz CT molecular complexity index is 597. The first kappa shape index (κ1) is 17.9. The van der Waals surface area contributed by atoms with Gasteiger partial charge in [-0.1, -0.05) is 18.5 Å². The van der Waals surface area contributed by atoms with Gasteiger partial charge in [-0.25, -0.2) is 13.2 Å². The minimum Gasteiger partial charge on any atom is -0.465 e. The van der Waals surface area contributed by atoms with Crippen LogP contribution in [0.25, 0.3) is 0 Å². The SMILES string of the molecule is CCCN(CCO)S(=O)(=O)c1cc(C(=O)OC)ccc1Cl. The Kier molecular flexibility index (Phi) is 6.60. The number of ether oxygens (including phenoxy) is 1. The first-order valence-electron chi connectivity index (χ1n) is 6.37. The van der Waals surface area contributed by atoms with Gasteiger partial charge in [0.05, 0.1) is 24.3 Å². The third-order valence-electron chi connectivity index (χ3n) is 2.79. The van der Waals surface area contributed by atoms with Crippen LogP contribution in [0.15, 0.2) is 23.1 Å². The average molecular weight is 336 g/mol. The number of aliphatic hydroxyl groups excluding tert-OH is 1. The zero-order valence-electron chi connectivity index (χ0n) is 11.9. The van der Waals surface area contributed by atoms with Crippen molar-refractivity contribution in [2.24, 2.45) is 0 Å². The third-order valence-corrected chi connectivity index (χ3v) is 5.17. The molecule has 0 spiro atoms. The van der Waals surface area contributed by atoms with Crippen molar-refractivity contribution < 1.29 is 23.1 Å². The standard InChI is InChI=1S/C13H18ClNO5S/c1-3-6-15(7-8-16)21(18,19)12-9-10(13(17)20-2)4-5-11(12)14/h4-5,9,16H,3,6-8H2,1-2H3. The maximum absolute atomic E-state index is 12.6. The molecular formula is C13H18ClNO5S. The monoisotopic (exact) mass is 335 g/mol. The number of sulfonamides is 1. The number of rotatable bonds is 7. The van der Waals surface area contributed by atoms with E-state index >= 15 is 0 Å². The molecule has 1 aromatic rings. The van der Waals surface area contributed by atoms with Crippen molar-refractivity contribution in [3.05, 3.63) is 28.8 Å². The predicted octanol–water partition coefficient (Wildman–Crippen LogP) is 1.52. The maximum Gasteiger partial charge on any atom is 0.337 e. The van der Waals surface area contributed by atoms with E-state index in [0.29, 0.717) is 6.42 Å². The van der Waals surface area contributed by atoms with Crippen LogP contribution in [0.5, 0.6) is 0 Å². The molecule has 8 heteroatoms. The topological polar surface area (TPSA) is 83.9 Å². The second kappa shape index (κ2) is 7.74. The summed E-state index contributed by atoms with van der Waals surface area (Å²) in [6.45, 7) is 1.75. The van der Waals surface area contributed by atoms with Gasteiger partial charge in [0.25, 0.3) is 0 Å². The van der Waals surface area contributed by atoms with Gasteiger partial charge >= 0.3 is 5.97 Å². The van der Waals surface area contributed by atoms with Crippen LogP contribution in [0.3, 0.4) is 0 Å². The summed E-state index contributed by atoms with van der Waals surface area (Å²) in [5.74, 6) is -0.646. The number of esters is 1. The van der Waals surface area contributed by atoms with Gasteiger partial charge in [0, 0.05) is 13.1 Å². The van der Waals surface area contributed by atoms with Crippen molar-refractivity contribution >= 4 is 27.6 Å². The Balaban J connectivity index is 3.31. The number of nitrogens with zero attached hydrogens (tertiary/aromatic N) is 1. The molecule has 0 fully saturated rings. The van der Waals surface area contributed by atoms with Crippen LogP contribution in [0, 0.1) is 0 Å². The van der Waals surface area contributed by atoms with Crippen molar-refractivity contribution in [1.82, 2.24) is 4.31 Å².